The van der Waals surface area contributed by atoms with Crippen LogP contribution in [0.5, 0.6) is 0 Å². The summed E-state index contributed by atoms with van der Waals surface area (Å²) in [4.78, 5) is 21.0. The van der Waals surface area contributed by atoms with Crippen LogP contribution in [0.1, 0.15) is 0 Å². The molecular formula is C4H2N2O3. The molecule has 3 aromatic heterocycles. The Hall–Kier alpha value is -1.52. The van der Waals surface area contributed by atoms with Crippen LogP contribution in [0.15, 0.2) is 26.5 Å². The van der Waals surface area contributed by atoms with Gasteiger partial charge in [0.25, 0.3) is 5.56 Å². The largest absolute Gasteiger partial charge is 0.402 e. The molecule has 5 heteroatoms. The maximum Gasteiger partial charge on any atom is 0.402 e. The van der Waals surface area contributed by atoms with Crippen LogP contribution >= 0.6 is 0 Å². The highest BCUT2D eigenvalue weighted by molar-refractivity contribution is 4.82. The number of nitrogens with zero attached hydrogens (tertiary/aromatic N) is 2. The summed E-state index contributed by atoms with van der Waals surface area (Å²) in [7, 11) is 0. The Morgan fingerprint density at radius 2 is 2.22 bits per heavy atom. The van der Waals surface area contributed by atoms with Gasteiger partial charge in [-0.05, 0) is 0 Å². The van der Waals surface area contributed by atoms with E-state index in [9.17, 15) is 9.59 Å². The normalized spacial score (nSPS) is 11.1. The second-order valence-electron chi connectivity index (χ2n) is 1.64. The molecule has 0 unspecified atom stereocenters. The lowest BCUT2D eigenvalue weighted by atomic mass is 10.7. The highest BCUT2D eigenvalue weighted by Gasteiger charge is 2.05. The molecule has 2 bridgehead atoms. The van der Waals surface area contributed by atoms with Gasteiger partial charge in [0.15, 0.2) is 0 Å². The molecule has 0 radical (unpaired) electrons. The van der Waals surface area contributed by atoms with Crippen LogP contribution in [0.25, 0.3) is 0 Å². The minimum absolute atomic E-state index is 0.428. The van der Waals surface area contributed by atoms with Gasteiger partial charge in [0.05, 0.1) is 6.20 Å². The summed E-state index contributed by atoms with van der Waals surface area (Å²) in [5.74, 6) is 0. The van der Waals surface area contributed by atoms with Crippen molar-refractivity contribution in [1.82, 2.24) is 9.15 Å². The van der Waals surface area contributed by atoms with Gasteiger partial charge in [0, 0.05) is 6.07 Å². The minimum atomic E-state index is -0.428. The third-order valence-electron chi connectivity index (χ3n) is 1.08. The van der Waals surface area contributed by atoms with E-state index < -0.39 is 11.2 Å². The van der Waals surface area contributed by atoms with Gasteiger partial charge in [-0.2, -0.15) is 0 Å². The van der Waals surface area contributed by atoms with Crippen molar-refractivity contribution in [1.29, 1.82) is 0 Å². The number of hydrogen-bond acceptors (Lipinski definition) is 3. The third-order valence-corrected chi connectivity index (χ3v) is 1.08. The fraction of sp³-hybridized carbons (Fsp3) is 0. The molecule has 5 nitrogen and oxygen atoms in total. The maximum atomic E-state index is 10.5. The van der Waals surface area contributed by atoms with Gasteiger partial charge in [-0.1, -0.05) is 4.57 Å². The Labute approximate surface area is 48.0 Å². The highest BCUT2D eigenvalue weighted by atomic mass is 16.6. The molecule has 0 aliphatic carbocycles. The topological polar surface area (TPSA) is 56.1 Å². The quantitative estimate of drug-likeness (QED) is 0.445. The van der Waals surface area contributed by atoms with E-state index in [0.717, 1.165) is 4.57 Å². The van der Waals surface area contributed by atoms with E-state index in [1.54, 1.807) is 0 Å². The Kier molecular flexibility index (Phi) is 0.520. The van der Waals surface area contributed by atoms with Crippen LogP contribution in [-0.4, -0.2) is 9.15 Å². The molecule has 0 saturated carbocycles. The Morgan fingerprint density at radius 3 is 2.56 bits per heavy atom. The summed E-state index contributed by atoms with van der Waals surface area (Å²) in [6.07, 6.45) is 1.28. The lowest BCUT2D eigenvalue weighted by Crippen LogP contribution is -2.38. The minimum Gasteiger partial charge on any atom is -0.270 e. The first-order valence-corrected chi connectivity index (χ1v) is 2.32. The smallest absolute Gasteiger partial charge is 0.270 e. The molecule has 9 heavy (non-hydrogen) atoms. The zero-order valence-corrected chi connectivity index (χ0v) is 4.27. The van der Waals surface area contributed by atoms with Crippen LogP contribution < -0.4 is 11.2 Å². The molecular weight excluding hydrogens is 124 g/mol. The van der Waals surface area contributed by atoms with Crippen molar-refractivity contribution in [3.63, 3.8) is 0 Å². The molecule has 0 atom stereocenters. The van der Waals surface area contributed by atoms with E-state index in [0.29, 0.717) is 4.57 Å². The summed E-state index contributed by atoms with van der Waals surface area (Å²) >= 11 is 0. The molecule has 3 aromatic rings. The van der Waals surface area contributed by atoms with Gasteiger partial charge in [-0.3, -0.25) is 9.42 Å². The van der Waals surface area contributed by atoms with Crippen LogP contribution in [-0.2, 0) is 0 Å². The average Bonchev–Trinajstić information content (AvgIpc) is 1.86. The van der Waals surface area contributed by atoms with E-state index in [2.05, 4.69) is 4.63 Å². The van der Waals surface area contributed by atoms with Crippen molar-refractivity contribution in [2.75, 3.05) is 0 Å². The van der Waals surface area contributed by atoms with Crippen LogP contribution in [0.2, 0.25) is 0 Å². The standard InChI is InChI=1S/C4H2N2O3/c7-3-1-2-5-4(8)6(3)9-5/h1-2H. The number of fused-ring (bicyclic) bond motifs is 2. The zero-order valence-electron chi connectivity index (χ0n) is 4.27. The maximum absolute atomic E-state index is 10.5. The molecule has 0 fully saturated rings. The first kappa shape index (κ1) is 4.37. The lowest BCUT2D eigenvalue weighted by Gasteiger charge is -1.98. The summed E-state index contributed by atoms with van der Waals surface area (Å²) < 4.78 is 6.13. The van der Waals surface area contributed by atoms with Gasteiger partial charge in [0.1, 0.15) is 0 Å². The molecule has 0 amide bonds. The monoisotopic (exact) mass is 126 g/mol. The van der Waals surface area contributed by atoms with Crippen molar-refractivity contribution in [2.24, 2.45) is 0 Å². The van der Waals surface area contributed by atoms with E-state index >= 15 is 0 Å². The van der Waals surface area contributed by atoms with Gasteiger partial charge in [0.2, 0.25) is 0 Å². The molecule has 0 saturated heterocycles. The molecule has 0 spiro atoms. The van der Waals surface area contributed by atoms with Crippen LogP contribution in [0.4, 0.5) is 0 Å². The summed E-state index contributed by atoms with van der Waals surface area (Å²) in [6.45, 7) is 0. The van der Waals surface area contributed by atoms with Gasteiger partial charge < -0.3 is 0 Å². The van der Waals surface area contributed by atoms with Crippen LogP contribution in [0.3, 0.4) is 0 Å². The summed E-state index contributed by atoms with van der Waals surface area (Å²) in [5.41, 5.74) is -0.856. The SMILES string of the molecule is O=c1ccn2on1c2=O. The van der Waals surface area contributed by atoms with Crippen molar-refractivity contribution >= 4 is 0 Å². The molecule has 0 aliphatic rings. The lowest BCUT2D eigenvalue weighted by molar-refractivity contribution is 0.110. The molecule has 0 aromatic carbocycles. The Balaban J connectivity index is 3.21. The number of aromatic nitrogens is 2. The summed E-state index contributed by atoms with van der Waals surface area (Å²) in [5, 5.41) is 0. The fourth-order valence-electron chi connectivity index (χ4n) is 0.639. The zero-order chi connectivity index (χ0) is 6.43. The molecule has 3 heterocycles. The predicted octanol–water partition coefficient (Wildman–Crippen LogP) is -1.21. The Morgan fingerprint density at radius 1 is 1.44 bits per heavy atom. The van der Waals surface area contributed by atoms with E-state index in [4.69, 9.17) is 0 Å². The first-order chi connectivity index (χ1) is 4.29. The first-order valence-electron chi connectivity index (χ1n) is 2.32. The van der Waals surface area contributed by atoms with Crippen molar-refractivity contribution < 1.29 is 4.63 Å². The average molecular weight is 126 g/mol. The van der Waals surface area contributed by atoms with E-state index in [1.807, 2.05) is 0 Å². The molecule has 0 aliphatic heterocycles. The predicted molar refractivity (Wildman–Crippen MR) is 26.8 cm³/mol. The van der Waals surface area contributed by atoms with Crippen LogP contribution in [0, 0.1) is 0 Å². The van der Waals surface area contributed by atoms with Crippen molar-refractivity contribution in [3.8, 4) is 0 Å². The van der Waals surface area contributed by atoms with Gasteiger partial charge >= 0.3 is 5.69 Å². The van der Waals surface area contributed by atoms with Gasteiger partial charge in [-0.25, -0.2) is 4.79 Å². The number of rotatable bonds is 0. The highest BCUT2D eigenvalue weighted by Crippen LogP contribution is 1.76. The van der Waals surface area contributed by atoms with Crippen molar-refractivity contribution in [2.45, 2.75) is 0 Å². The fourth-order valence-corrected chi connectivity index (χ4v) is 0.639. The Bertz CT molecular complexity index is 401. The summed E-state index contributed by atoms with van der Waals surface area (Å²) in [6, 6.07) is 1.25. The number of hydrogen-bond donors (Lipinski definition) is 0. The molecule has 3 rings (SSSR count). The van der Waals surface area contributed by atoms with E-state index in [1.165, 1.54) is 12.3 Å². The van der Waals surface area contributed by atoms with E-state index in [-0.39, 0.29) is 0 Å². The second-order valence-corrected chi connectivity index (χ2v) is 1.64. The molecule has 0 N–H and O–H groups in total. The molecule has 46 valence electrons. The third kappa shape index (κ3) is 0.343. The second kappa shape index (κ2) is 1.07. The van der Waals surface area contributed by atoms with Crippen molar-refractivity contribution in [3.05, 3.63) is 33.1 Å². The van der Waals surface area contributed by atoms with Gasteiger partial charge in [-0.15, -0.1) is 4.57 Å².